The summed E-state index contributed by atoms with van der Waals surface area (Å²) in [5.74, 6) is 2.68. The largest absolute Gasteiger partial charge is 0.349 e. The zero-order valence-electron chi connectivity index (χ0n) is 11.5. The first-order chi connectivity index (χ1) is 9.75. The van der Waals surface area contributed by atoms with E-state index in [9.17, 15) is 4.79 Å². The average molecular weight is 292 g/mol. The molecule has 3 aliphatic carbocycles. The van der Waals surface area contributed by atoms with E-state index in [2.05, 4.69) is 20.1 Å². The van der Waals surface area contributed by atoms with E-state index in [1.165, 1.54) is 38.5 Å². The van der Waals surface area contributed by atoms with Crippen molar-refractivity contribution in [1.82, 2.24) is 20.1 Å². The molecule has 3 aliphatic rings. The van der Waals surface area contributed by atoms with E-state index in [1.54, 1.807) is 0 Å². The molecule has 0 aliphatic heterocycles. The van der Waals surface area contributed by atoms with Gasteiger partial charge >= 0.3 is 0 Å². The molecule has 3 fully saturated rings. The molecule has 2 atom stereocenters. The van der Waals surface area contributed by atoms with Gasteiger partial charge in [0.05, 0.1) is 6.54 Å². The molecular formula is C14H20N4OS. The molecule has 2 N–H and O–H groups in total. The molecule has 4 rings (SSSR count). The van der Waals surface area contributed by atoms with E-state index >= 15 is 0 Å². The van der Waals surface area contributed by atoms with Gasteiger partial charge in [0.25, 0.3) is 0 Å². The van der Waals surface area contributed by atoms with E-state index in [4.69, 9.17) is 12.2 Å². The SMILES string of the molecule is O=C(NCc1n[nH]c(=S)n1C1CC1)C1C2CCCCC21. The fraction of sp³-hybridized carbons (Fsp3) is 0.786. The Labute approximate surface area is 123 Å². The quantitative estimate of drug-likeness (QED) is 0.837. The molecule has 3 saturated carbocycles. The van der Waals surface area contributed by atoms with Crippen LogP contribution in [0.3, 0.4) is 0 Å². The van der Waals surface area contributed by atoms with Crippen molar-refractivity contribution < 1.29 is 4.79 Å². The predicted molar refractivity (Wildman–Crippen MR) is 76.5 cm³/mol. The number of nitrogens with zero attached hydrogens (tertiary/aromatic N) is 2. The number of aromatic nitrogens is 3. The van der Waals surface area contributed by atoms with E-state index < -0.39 is 0 Å². The van der Waals surface area contributed by atoms with Crippen molar-refractivity contribution in [2.45, 2.75) is 51.1 Å². The molecule has 1 amide bonds. The Kier molecular flexibility index (Phi) is 2.94. The van der Waals surface area contributed by atoms with Crippen molar-refractivity contribution in [1.29, 1.82) is 0 Å². The number of carbonyl (C=O) groups excluding carboxylic acids is 1. The number of amides is 1. The number of carbonyl (C=O) groups is 1. The summed E-state index contributed by atoms with van der Waals surface area (Å²) in [5.41, 5.74) is 0. The van der Waals surface area contributed by atoms with Gasteiger partial charge in [-0.1, -0.05) is 12.8 Å². The fourth-order valence-electron chi connectivity index (χ4n) is 3.84. The Hall–Kier alpha value is -1.17. The Bertz CT molecular complexity index is 576. The van der Waals surface area contributed by atoms with Crippen LogP contribution in [0.25, 0.3) is 0 Å². The van der Waals surface area contributed by atoms with Gasteiger partial charge in [0.1, 0.15) is 0 Å². The lowest BCUT2D eigenvalue weighted by Gasteiger charge is -2.06. The van der Waals surface area contributed by atoms with Crippen LogP contribution in [0.1, 0.15) is 50.4 Å². The van der Waals surface area contributed by atoms with Crippen LogP contribution in [0.5, 0.6) is 0 Å². The zero-order valence-corrected chi connectivity index (χ0v) is 12.3. The van der Waals surface area contributed by atoms with Crippen molar-refractivity contribution in [3.8, 4) is 0 Å². The van der Waals surface area contributed by atoms with E-state index in [0.717, 1.165) is 5.82 Å². The second-order valence-corrected chi connectivity index (χ2v) is 6.79. The first-order valence-electron chi connectivity index (χ1n) is 7.69. The molecule has 1 aromatic heterocycles. The summed E-state index contributed by atoms with van der Waals surface area (Å²) in [5, 5.41) is 10.2. The number of H-pyrrole nitrogens is 1. The molecule has 2 unspecified atom stereocenters. The summed E-state index contributed by atoms with van der Waals surface area (Å²) < 4.78 is 2.74. The van der Waals surface area contributed by atoms with Gasteiger partial charge in [0, 0.05) is 12.0 Å². The summed E-state index contributed by atoms with van der Waals surface area (Å²) in [6.07, 6.45) is 7.41. The average Bonchev–Trinajstić information content (AvgIpc) is 3.35. The second-order valence-electron chi connectivity index (χ2n) is 6.40. The molecule has 1 heterocycles. The van der Waals surface area contributed by atoms with Crippen LogP contribution >= 0.6 is 12.2 Å². The van der Waals surface area contributed by atoms with Crippen molar-refractivity contribution in [3.05, 3.63) is 10.6 Å². The number of hydrogen-bond donors (Lipinski definition) is 2. The van der Waals surface area contributed by atoms with Gasteiger partial charge in [-0.3, -0.25) is 14.5 Å². The van der Waals surface area contributed by atoms with E-state index in [-0.39, 0.29) is 11.8 Å². The molecule has 108 valence electrons. The van der Waals surface area contributed by atoms with E-state index in [0.29, 0.717) is 29.2 Å². The smallest absolute Gasteiger partial charge is 0.224 e. The zero-order chi connectivity index (χ0) is 13.7. The maximum Gasteiger partial charge on any atom is 0.224 e. The number of fused-ring (bicyclic) bond motifs is 1. The summed E-state index contributed by atoms with van der Waals surface area (Å²) in [4.78, 5) is 12.3. The summed E-state index contributed by atoms with van der Waals surface area (Å²) >= 11 is 5.25. The second kappa shape index (κ2) is 4.69. The lowest BCUT2D eigenvalue weighted by Crippen LogP contribution is -2.27. The van der Waals surface area contributed by atoms with Crippen LogP contribution in [-0.2, 0) is 11.3 Å². The van der Waals surface area contributed by atoms with Crippen molar-refractivity contribution in [2.75, 3.05) is 0 Å². The maximum atomic E-state index is 12.3. The van der Waals surface area contributed by atoms with Gasteiger partial charge in [0.2, 0.25) is 5.91 Å². The number of aromatic amines is 1. The normalized spacial score (nSPS) is 31.7. The first-order valence-corrected chi connectivity index (χ1v) is 8.10. The summed E-state index contributed by atoms with van der Waals surface area (Å²) in [6.45, 7) is 0.498. The lowest BCUT2D eigenvalue weighted by atomic mass is 10.0. The molecule has 1 aromatic rings. The molecule has 20 heavy (non-hydrogen) atoms. The molecule has 0 bridgehead atoms. The van der Waals surface area contributed by atoms with Crippen molar-refractivity contribution in [2.24, 2.45) is 17.8 Å². The Morgan fingerprint density at radius 1 is 1.30 bits per heavy atom. The highest BCUT2D eigenvalue weighted by atomic mass is 32.1. The minimum absolute atomic E-state index is 0.221. The fourth-order valence-corrected chi connectivity index (χ4v) is 4.14. The third-order valence-electron chi connectivity index (χ3n) is 5.07. The molecule has 0 saturated heterocycles. The predicted octanol–water partition coefficient (Wildman–Crippen LogP) is 2.33. The standard InChI is InChI=1S/C14H20N4OS/c19-13(12-9-3-1-2-4-10(9)12)15-7-11-16-17-14(20)18(11)8-5-6-8/h8-10,12H,1-7H2,(H,15,19)(H,17,20). The first kappa shape index (κ1) is 12.6. The molecular weight excluding hydrogens is 272 g/mol. The summed E-state index contributed by atoms with van der Waals surface area (Å²) in [7, 11) is 0. The van der Waals surface area contributed by atoms with Gasteiger partial charge in [-0.15, -0.1) is 0 Å². The molecule has 0 spiro atoms. The third kappa shape index (κ3) is 2.10. The highest BCUT2D eigenvalue weighted by molar-refractivity contribution is 7.71. The van der Waals surface area contributed by atoms with Gasteiger partial charge in [-0.25, -0.2) is 0 Å². The Balaban J connectivity index is 1.39. The Morgan fingerprint density at radius 2 is 2.00 bits per heavy atom. The minimum atomic E-state index is 0.221. The summed E-state index contributed by atoms with van der Waals surface area (Å²) in [6, 6.07) is 0.497. The minimum Gasteiger partial charge on any atom is -0.349 e. The van der Waals surface area contributed by atoms with Gasteiger partial charge in [-0.05, 0) is 49.7 Å². The van der Waals surface area contributed by atoms with Gasteiger partial charge in [0.15, 0.2) is 10.6 Å². The number of nitrogens with one attached hydrogen (secondary N) is 2. The molecule has 0 aromatic carbocycles. The van der Waals surface area contributed by atoms with Crippen LogP contribution < -0.4 is 5.32 Å². The van der Waals surface area contributed by atoms with Crippen LogP contribution in [0.4, 0.5) is 0 Å². The van der Waals surface area contributed by atoms with Crippen LogP contribution in [-0.4, -0.2) is 20.7 Å². The highest BCUT2D eigenvalue weighted by Gasteiger charge is 2.54. The number of hydrogen-bond acceptors (Lipinski definition) is 3. The molecule has 5 nitrogen and oxygen atoms in total. The third-order valence-corrected chi connectivity index (χ3v) is 5.36. The number of rotatable bonds is 4. The molecule has 0 radical (unpaired) electrons. The van der Waals surface area contributed by atoms with Gasteiger partial charge < -0.3 is 5.32 Å². The van der Waals surface area contributed by atoms with Crippen LogP contribution in [0, 0.1) is 22.5 Å². The van der Waals surface area contributed by atoms with Crippen molar-refractivity contribution in [3.63, 3.8) is 0 Å². The van der Waals surface area contributed by atoms with Crippen molar-refractivity contribution >= 4 is 18.1 Å². The van der Waals surface area contributed by atoms with Crippen LogP contribution in [0.15, 0.2) is 0 Å². The highest BCUT2D eigenvalue weighted by Crippen LogP contribution is 2.55. The molecule has 6 heteroatoms. The van der Waals surface area contributed by atoms with E-state index in [1.807, 2.05) is 0 Å². The topological polar surface area (TPSA) is 62.7 Å². The monoisotopic (exact) mass is 292 g/mol. The van der Waals surface area contributed by atoms with Gasteiger partial charge in [-0.2, -0.15) is 5.10 Å². The maximum absolute atomic E-state index is 12.3. The van der Waals surface area contributed by atoms with Crippen LogP contribution in [0.2, 0.25) is 0 Å². The Morgan fingerprint density at radius 3 is 2.65 bits per heavy atom. The lowest BCUT2D eigenvalue weighted by molar-refractivity contribution is -0.123.